The molecule has 0 heterocycles. The third-order valence-corrected chi connectivity index (χ3v) is 3.61. The quantitative estimate of drug-likeness (QED) is 0.290. The van der Waals surface area contributed by atoms with Crippen LogP contribution in [-0.2, 0) is 0 Å². The Morgan fingerprint density at radius 3 is 1.89 bits per heavy atom. The zero-order chi connectivity index (χ0) is 14.0. The lowest BCUT2D eigenvalue weighted by Gasteiger charge is -2.02. The number of hydrogen-bond acceptors (Lipinski definition) is 1. The van der Waals surface area contributed by atoms with Crippen LogP contribution in [0.5, 0.6) is 0 Å². The van der Waals surface area contributed by atoms with Crippen LogP contribution >= 0.6 is 0 Å². The molecule has 0 radical (unpaired) electrons. The molecule has 1 nitrogen and oxygen atoms in total. The van der Waals surface area contributed by atoms with Crippen molar-refractivity contribution in [1.82, 2.24) is 5.32 Å². The van der Waals surface area contributed by atoms with Gasteiger partial charge in [0.2, 0.25) is 0 Å². The van der Waals surface area contributed by atoms with Gasteiger partial charge in [0.15, 0.2) is 0 Å². The van der Waals surface area contributed by atoms with Gasteiger partial charge < -0.3 is 5.32 Å². The van der Waals surface area contributed by atoms with Crippen LogP contribution in [0, 0.1) is 0 Å². The first kappa shape index (κ1) is 18.7. The molecule has 0 aromatic rings. The minimum atomic E-state index is 1.06. The largest absolute Gasteiger partial charge is 0.313 e. The van der Waals surface area contributed by atoms with Crippen molar-refractivity contribution in [2.75, 3.05) is 13.1 Å². The SMILES string of the molecule is CCCCCC/C=C/CNCCCCCCCCC. The topological polar surface area (TPSA) is 12.0 Å². The molecule has 0 fully saturated rings. The number of hydrogen-bond donors (Lipinski definition) is 1. The van der Waals surface area contributed by atoms with Crippen LogP contribution in [0.15, 0.2) is 12.2 Å². The molecule has 1 heteroatoms. The first-order chi connectivity index (χ1) is 9.41. The van der Waals surface area contributed by atoms with Crippen LogP contribution < -0.4 is 5.32 Å². The van der Waals surface area contributed by atoms with Crippen LogP contribution in [0.25, 0.3) is 0 Å². The number of allylic oxidation sites excluding steroid dienone is 1. The molecule has 0 saturated carbocycles. The highest BCUT2D eigenvalue weighted by atomic mass is 14.8. The van der Waals surface area contributed by atoms with E-state index in [4.69, 9.17) is 0 Å². The van der Waals surface area contributed by atoms with E-state index in [1.807, 2.05) is 0 Å². The molecule has 0 unspecified atom stereocenters. The lowest BCUT2D eigenvalue weighted by molar-refractivity contribution is 0.572. The zero-order valence-electron chi connectivity index (χ0n) is 13.6. The molecular formula is C18H37N. The monoisotopic (exact) mass is 267 g/mol. The van der Waals surface area contributed by atoms with Crippen molar-refractivity contribution in [3.05, 3.63) is 12.2 Å². The predicted octanol–water partition coefficient (Wildman–Crippen LogP) is 5.85. The second-order valence-electron chi connectivity index (χ2n) is 5.65. The van der Waals surface area contributed by atoms with Crippen LogP contribution in [0.4, 0.5) is 0 Å². The molecule has 1 N–H and O–H groups in total. The third-order valence-electron chi connectivity index (χ3n) is 3.61. The van der Waals surface area contributed by atoms with Gasteiger partial charge >= 0.3 is 0 Å². The van der Waals surface area contributed by atoms with Gasteiger partial charge in [-0.1, -0.05) is 83.8 Å². The maximum Gasteiger partial charge on any atom is 0.0134 e. The fourth-order valence-corrected chi connectivity index (χ4v) is 2.28. The summed E-state index contributed by atoms with van der Waals surface area (Å²) in [6.45, 7) is 6.79. The summed E-state index contributed by atoms with van der Waals surface area (Å²) in [5, 5.41) is 3.50. The van der Waals surface area contributed by atoms with Gasteiger partial charge in [-0.15, -0.1) is 0 Å². The Bertz CT molecular complexity index is 175. The van der Waals surface area contributed by atoms with Crippen molar-refractivity contribution >= 4 is 0 Å². The summed E-state index contributed by atoms with van der Waals surface area (Å²) in [4.78, 5) is 0. The standard InChI is InChI=1S/C18H37N/c1-3-5-7-9-11-13-15-17-19-18-16-14-12-10-8-6-4-2/h13,15,19H,3-12,14,16-18H2,1-2H3/b15-13+. The molecule has 0 aliphatic heterocycles. The lowest BCUT2D eigenvalue weighted by atomic mass is 10.1. The summed E-state index contributed by atoms with van der Waals surface area (Å²) < 4.78 is 0. The van der Waals surface area contributed by atoms with E-state index in [9.17, 15) is 0 Å². The molecule has 0 amide bonds. The van der Waals surface area contributed by atoms with Crippen LogP contribution in [0.3, 0.4) is 0 Å². The van der Waals surface area contributed by atoms with Gasteiger partial charge in [-0.05, 0) is 25.8 Å². The van der Waals surface area contributed by atoms with E-state index in [-0.39, 0.29) is 0 Å². The highest BCUT2D eigenvalue weighted by Crippen LogP contribution is 2.06. The van der Waals surface area contributed by atoms with E-state index in [0.29, 0.717) is 0 Å². The van der Waals surface area contributed by atoms with E-state index < -0.39 is 0 Å². The Kier molecular flexibility index (Phi) is 17.4. The normalized spacial score (nSPS) is 11.5. The second kappa shape index (κ2) is 17.7. The summed E-state index contributed by atoms with van der Waals surface area (Å²) in [6, 6.07) is 0. The second-order valence-corrected chi connectivity index (χ2v) is 5.65. The van der Waals surface area contributed by atoms with E-state index in [1.165, 1.54) is 83.6 Å². The third kappa shape index (κ3) is 17.7. The number of nitrogens with one attached hydrogen (secondary N) is 1. The van der Waals surface area contributed by atoms with Gasteiger partial charge in [0.05, 0.1) is 0 Å². The Morgan fingerprint density at radius 2 is 1.21 bits per heavy atom. The van der Waals surface area contributed by atoms with E-state index in [0.717, 1.165) is 6.54 Å². The summed E-state index contributed by atoms with van der Waals surface area (Å²) in [5.41, 5.74) is 0. The van der Waals surface area contributed by atoms with Crippen molar-refractivity contribution in [2.45, 2.75) is 90.9 Å². The summed E-state index contributed by atoms with van der Waals surface area (Å²) in [6.07, 6.45) is 21.2. The maximum absolute atomic E-state index is 3.50. The molecule has 0 atom stereocenters. The lowest BCUT2D eigenvalue weighted by Crippen LogP contribution is -2.14. The molecule has 114 valence electrons. The van der Waals surface area contributed by atoms with Gasteiger partial charge in [0.1, 0.15) is 0 Å². The molecular weight excluding hydrogens is 230 g/mol. The molecule has 0 spiro atoms. The van der Waals surface area contributed by atoms with Gasteiger partial charge in [0.25, 0.3) is 0 Å². The van der Waals surface area contributed by atoms with Crippen molar-refractivity contribution in [1.29, 1.82) is 0 Å². The average Bonchev–Trinajstić information content (AvgIpc) is 2.43. The molecule has 0 rings (SSSR count). The molecule has 19 heavy (non-hydrogen) atoms. The van der Waals surface area contributed by atoms with E-state index in [1.54, 1.807) is 0 Å². The van der Waals surface area contributed by atoms with E-state index >= 15 is 0 Å². The Morgan fingerprint density at radius 1 is 0.632 bits per heavy atom. The smallest absolute Gasteiger partial charge is 0.0134 e. The zero-order valence-corrected chi connectivity index (χ0v) is 13.6. The van der Waals surface area contributed by atoms with Gasteiger partial charge in [-0.3, -0.25) is 0 Å². The highest BCUT2D eigenvalue weighted by molar-refractivity contribution is 4.83. The average molecular weight is 268 g/mol. The summed E-state index contributed by atoms with van der Waals surface area (Å²) in [7, 11) is 0. The predicted molar refractivity (Wildman–Crippen MR) is 88.8 cm³/mol. The molecule has 0 bridgehead atoms. The number of unbranched alkanes of at least 4 members (excludes halogenated alkanes) is 10. The van der Waals surface area contributed by atoms with Gasteiger partial charge in [-0.25, -0.2) is 0 Å². The van der Waals surface area contributed by atoms with Crippen molar-refractivity contribution in [3.63, 3.8) is 0 Å². The Hall–Kier alpha value is -0.300. The van der Waals surface area contributed by atoms with Crippen molar-refractivity contribution in [3.8, 4) is 0 Å². The molecule has 0 aliphatic rings. The van der Waals surface area contributed by atoms with Crippen molar-refractivity contribution < 1.29 is 0 Å². The molecule has 0 aromatic heterocycles. The fourth-order valence-electron chi connectivity index (χ4n) is 2.28. The maximum atomic E-state index is 3.50. The van der Waals surface area contributed by atoms with Crippen LogP contribution in [0.2, 0.25) is 0 Å². The Balaban J connectivity index is 2.99. The minimum absolute atomic E-state index is 1.06. The minimum Gasteiger partial charge on any atom is -0.313 e. The Labute approximate surface area is 122 Å². The van der Waals surface area contributed by atoms with Crippen molar-refractivity contribution in [2.24, 2.45) is 0 Å². The fraction of sp³-hybridized carbons (Fsp3) is 0.889. The van der Waals surface area contributed by atoms with Crippen LogP contribution in [0.1, 0.15) is 90.9 Å². The first-order valence-corrected chi connectivity index (χ1v) is 8.77. The van der Waals surface area contributed by atoms with Crippen LogP contribution in [-0.4, -0.2) is 13.1 Å². The highest BCUT2D eigenvalue weighted by Gasteiger charge is 1.90. The molecule has 0 aliphatic carbocycles. The summed E-state index contributed by atoms with van der Waals surface area (Å²) in [5.74, 6) is 0. The van der Waals surface area contributed by atoms with Gasteiger partial charge in [-0.2, -0.15) is 0 Å². The van der Waals surface area contributed by atoms with E-state index in [2.05, 4.69) is 31.3 Å². The number of rotatable bonds is 15. The molecule has 0 saturated heterocycles. The van der Waals surface area contributed by atoms with Gasteiger partial charge in [0, 0.05) is 6.54 Å². The summed E-state index contributed by atoms with van der Waals surface area (Å²) >= 11 is 0. The molecule has 0 aromatic carbocycles. The first-order valence-electron chi connectivity index (χ1n) is 8.77.